The van der Waals surface area contributed by atoms with Crippen LogP contribution >= 0.6 is 0 Å². The first-order valence-electron chi connectivity index (χ1n) is 7.53. The minimum absolute atomic E-state index is 0.0540. The molecule has 0 radical (unpaired) electrons. The van der Waals surface area contributed by atoms with Gasteiger partial charge in [-0.2, -0.15) is 0 Å². The van der Waals surface area contributed by atoms with E-state index in [-0.39, 0.29) is 18.8 Å². The molecule has 6 heteroatoms. The van der Waals surface area contributed by atoms with Gasteiger partial charge in [0.2, 0.25) is 11.6 Å². The van der Waals surface area contributed by atoms with E-state index in [1.807, 2.05) is 6.07 Å². The van der Waals surface area contributed by atoms with E-state index >= 15 is 0 Å². The third-order valence-electron chi connectivity index (χ3n) is 4.42. The van der Waals surface area contributed by atoms with E-state index in [9.17, 15) is 9.90 Å². The average Bonchev–Trinajstić information content (AvgIpc) is 2.58. The molecule has 23 heavy (non-hydrogen) atoms. The minimum atomic E-state index is -1.19. The summed E-state index contributed by atoms with van der Waals surface area (Å²) in [5.41, 5.74) is 0.555. The van der Waals surface area contributed by atoms with Crippen molar-refractivity contribution in [2.45, 2.75) is 44.1 Å². The molecule has 128 valence electrons. The molecule has 4 atom stereocenters. The molecule has 1 saturated heterocycles. The zero-order valence-corrected chi connectivity index (χ0v) is 13.9. The number of benzene rings is 1. The topological polar surface area (TPSA) is 74.2 Å². The highest BCUT2D eigenvalue weighted by Gasteiger charge is 2.54. The van der Waals surface area contributed by atoms with Gasteiger partial charge in [0.15, 0.2) is 5.78 Å². The third-order valence-corrected chi connectivity index (χ3v) is 4.42. The van der Waals surface area contributed by atoms with E-state index in [0.29, 0.717) is 5.56 Å². The summed E-state index contributed by atoms with van der Waals surface area (Å²) < 4.78 is 22.3. The zero-order valence-electron chi connectivity index (χ0n) is 13.9. The Hall–Kier alpha value is -1.31. The van der Waals surface area contributed by atoms with Crippen molar-refractivity contribution in [2.75, 3.05) is 20.8 Å². The van der Waals surface area contributed by atoms with E-state index in [2.05, 4.69) is 0 Å². The number of Topliss-reactive ketones (excluding diaryl/α,β-unsaturated/α-hetero) is 1. The quantitative estimate of drug-likeness (QED) is 0.804. The maximum atomic E-state index is 12.2. The van der Waals surface area contributed by atoms with Crippen LogP contribution in [0.5, 0.6) is 0 Å². The number of aliphatic hydroxyl groups excluding tert-OH is 1. The molecule has 2 rings (SSSR count). The number of ketones is 1. The molecule has 0 spiro atoms. The number of carbonyl (C=O) groups excluding carboxylic acids is 1. The van der Waals surface area contributed by atoms with Gasteiger partial charge in [0.25, 0.3) is 0 Å². The van der Waals surface area contributed by atoms with Crippen molar-refractivity contribution in [1.82, 2.24) is 0 Å². The predicted octanol–water partition coefficient (Wildman–Crippen LogP) is 1.76. The fourth-order valence-corrected chi connectivity index (χ4v) is 2.53. The maximum Gasteiger partial charge on any atom is 0.220 e. The average molecular weight is 324 g/mol. The van der Waals surface area contributed by atoms with Gasteiger partial charge in [-0.1, -0.05) is 30.3 Å². The molecule has 0 aromatic heterocycles. The molecule has 1 aliphatic heterocycles. The molecule has 0 saturated carbocycles. The van der Waals surface area contributed by atoms with Gasteiger partial charge in [-0.15, -0.1) is 0 Å². The lowest BCUT2D eigenvalue weighted by Gasteiger charge is -2.49. The Morgan fingerprint density at radius 2 is 1.87 bits per heavy atom. The Morgan fingerprint density at radius 3 is 2.43 bits per heavy atom. The SMILES string of the molecule is CO[C@]1(C)OC[C@@H]([C@H](O)CC(=O)c2ccccc2)O[C@@]1(C)OC. The largest absolute Gasteiger partial charge is 0.390 e. The number of carbonyl (C=O) groups is 1. The number of ether oxygens (including phenoxy) is 4. The molecule has 1 fully saturated rings. The molecule has 1 aliphatic rings. The molecule has 0 amide bonds. The second-order valence-electron chi connectivity index (χ2n) is 5.83. The van der Waals surface area contributed by atoms with Gasteiger partial charge in [-0.05, 0) is 13.8 Å². The monoisotopic (exact) mass is 324 g/mol. The fraction of sp³-hybridized carbons (Fsp3) is 0.588. The van der Waals surface area contributed by atoms with Crippen LogP contribution in [0.15, 0.2) is 30.3 Å². The Balaban J connectivity index is 2.04. The van der Waals surface area contributed by atoms with E-state index in [1.165, 1.54) is 14.2 Å². The predicted molar refractivity (Wildman–Crippen MR) is 83.0 cm³/mol. The summed E-state index contributed by atoms with van der Waals surface area (Å²) in [6.07, 6.45) is -1.74. The molecular formula is C17H24O6. The summed E-state index contributed by atoms with van der Waals surface area (Å²) in [6.45, 7) is 3.48. The van der Waals surface area contributed by atoms with Gasteiger partial charge in [0.1, 0.15) is 6.10 Å². The molecule has 0 unspecified atom stereocenters. The first kappa shape index (κ1) is 18.0. The molecule has 1 heterocycles. The van der Waals surface area contributed by atoms with E-state index in [1.54, 1.807) is 38.1 Å². The van der Waals surface area contributed by atoms with Crippen molar-refractivity contribution in [1.29, 1.82) is 0 Å². The number of hydrogen-bond donors (Lipinski definition) is 1. The van der Waals surface area contributed by atoms with Crippen LogP contribution in [-0.2, 0) is 18.9 Å². The van der Waals surface area contributed by atoms with Crippen LogP contribution in [0, 0.1) is 0 Å². The number of aliphatic hydroxyl groups is 1. The van der Waals surface area contributed by atoms with Crippen LogP contribution < -0.4 is 0 Å². The summed E-state index contributed by atoms with van der Waals surface area (Å²) in [5.74, 6) is -2.44. The van der Waals surface area contributed by atoms with Crippen LogP contribution in [-0.4, -0.2) is 55.5 Å². The molecule has 1 aromatic rings. The summed E-state index contributed by atoms with van der Waals surface area (Å²) >= 11 is 0. The Morgan fingerprint density at radius 1 is 1.26 bits per heavy atom. The Kier molecular flexibility index (Phi) is 5.54. The first-order chi connectivity index (χ1) is 10.8. The van der Waals surface area contributed by atoms with Crippen LogP contribution in [0.4, 0.5) is 0 Å². The molecule has 6 nitrogen and oxygen atoms in total. The van der Waals surface area contributed by atoms with E-state index < -0.39 is 23.8 Å². The highest BCUT2D eigenvalue weighted by atomic mass is 16.8. The van der Waals surface area contributed by atoms with Gasteiger partial charge >= 0.3 is 0 Å². The molecule has 0 bridgehead atoms. The normalized spacial score (nSPS) is 32.5. The van der Waals surface area contributed by atoms with Crippen molar-refractivity contribution in [3.05, 3.63) is 35.9 Å². The van der Waals surface area contributed by atoms with Gasteiger partial charge in [-0.3, -0.25) is 4.79 Å². The third kappa shape index (κ3) is 3.62. The van der Waals surface area contributed by atoms with Gasteiger partial charge < -0.3 is 24.1 Å². The molecule has 1 aromatic carbocycles. The van der Waals surface area contributed by atoms with Crippen LogP contribution in [0.2, 0.25) is 0 Å². The van der Waals surface area contributed by atoms with Crippen molar-refractivity contribution in [3.8, 4) is 0 Å². The van der Waals surface area contributed by atoms with Crippen molar-refractivity contribution < 1.29 is 28.8 Å². The summed E-state index contributed by atoms with van der Waals surface area (Å²) in [4.78, 5) is 12.2. The smallest absolute Gasteiger partial charge is 0.220 e. The lowest BCUT2D eigenvalue weighted by Crippen LogP contribution is -2.64. The standard InChI is InChI=1S/C17H24O6/c1-16(20-3)17(2,21-4)23-15(11-22-16)14(19)10-13(18)12-8-6-5-7-9-12/h5-9,14-15,19H,10-11H2,1-4H3/t14-,15+,16-,17-/m1/s1. The van der Waals surface area contributed by atoms with Gasteiger partial charge in [0.05, 0.1) is 12.7 Å². The fourth-order valence-electron chi connectivity index (χ4n) is 2.53. The van der Waals surface area contributed by atoms with Crippen LogP contribution in [0.3, 0.4) is 0 Å². The lowest BCUT2D eigenvalue weighted by atomic mass is 10.00. The van der Waals surface area contributed by atoms with Gasteiger partial charge in [0, 0.05) is 26.2 Å². The van der Waals surface area contributed by atoms with E-state index in [4.69, 9.17) is 18.9 Å². The lowest BCUT2D eigenvalue weighted by molar-refractivity contribution is -0.436. The zero-order chi connectivity index (χ0) is 17.1. The summed E-state index contributed by atoms with van der Waals surface area (Å²) in [5, 5.41) is 10.4. The molecular weight excluding hydrogens is 300 g/mol. The van der Waals surface area contributed by atoms with Crippen molar-refractivity contribution in [2.24, 2.45) is 0 Å². The van der Waals surface area contributed by atoms with Crippen LogP contribution in [0.1, 0.15) is 30.6 Å². The number of hydrogen-bond acceptors (Lipinski definition) is 6. The first-order valence-corrected chi connectivity index (χ1v) is 7.53. The van der Waals surface area contributed by atoms with Crippen molar-refractivity contribution >= 4 is 5.78 Å². The highest BCUT2D eigenvalue weighted by Crippen LogP contribution is 2.37. The second kappa shape index (κ2) is 7.07. The Bertz CT molecular complexity index is 533. The second-order valence-corrected chi connectivity index (χ2v) is 5.83. The maximum absolute atomic E-state index is 12.2. The highest BCUT2D eigenvalue weighted by molar-refractivity contribution is 5.96. The van der Waals surface area contributed by atoms with Crippen LogP contribution in [0.25, 0.3) is 0 Å². The van der Waals surface area contributed by atoms with Gasteiger partial charge in [-0.25, -0.2) is 0 Å². The van der Waals surface area contributed by atoms with E-state index in [0.717, 1.165) is 0 Å². The molecule has 0 aliphatic carbocycles. The number of rotatable bonds is 6. The Labute approximate surface area is 136 Å². The van der Waals surface area contributed by atoms with Crippen molar-refractivity contribution in [3.63, 3.8) is 0 Å². The molecule has 1 N–H and O–H groups in total. The minimum Gasteiger partial charge on any atom is -0.390 e. The summed E-state index contributed by atoms with van der Waals surface area (Å²) in [7, 11) is 2.97. The number of methoxy groups -OCH3 is 2. The summed E-state index contributed by atoms with van der Waals surface area (Å²) in [6, 6.07) is 8.84.